The van der Waals surface area contributed by atoms with Crippen LogP contribution in [0.5, 0.6) is 0 Å². The van der Waals surface area contributed by atoms with Crippen LogP contribution in [0.3, 0.4) is 0 Å². The maximum absolute atomic E-state index is 12.4. The van der Waals surface area contributed by atoms with Gasteiger partial charge in [-0.25, -0.2) is 0 Å². The molecule has 0 bridgehead atoms. The van der Waals surface area contributed by atoms with Crippen molar-refractivity contribution < 1.29 is 23.1 Å². The molecule has 1 saturated carbocycles. The Balaban J connectivity index is 1.88. The van der Waals surface area contributed by atoms with Gasteiger partial charge >= 0.3 is 6.18 Å². The van der Waals surface area contributed by atoms with Crippen molar-refractivity contribution in [3.63, 3.8) is 0 Å². The first-order valence-corrected chi connectivity index (χ1v) is 7.01. The number of carbonyl (C=O) groups excluding carboxylic acids is 1. The smallest absolute Gasteiger partial charge is 0.387 e. The minimum atomic E-state index is -4.39. The fourth-order valence-electron chi connectivity index (χ4n) is 2.54. The summed E-state index contributed by atoms with van der Waals surface area (Å²) < 4.78 is 37.3. The first-order valence-electron chi connectivity index (χ1n) is 7.01. The van der Waals surface area contributed by atoms with Crippen molar-refractivity contribution in [2.75, 3.05) is 6.54 Å². The molecule has 1 amide bonds. The van der Waals surface area contributed by atoms with Crippen molar-refractivity contribution in [2.24, 2.45) is 5.92 Å². The molecule has 1 atom stereocenters. The number of alkyl halides is 3. The lowest BCUT2D eigenvalue weighted by atomic mass is 10.1. The van der Waals surface area contributed by atoms with Crippen LogP contribution in [0, 0.1) is 5.92 Å². The fraction of sp³-hybridized carbons (Fsp3) is 0.533. The van der Waals surface area contributed by atoms with Crippen molar-refractivity contribution in [3.8, 4) is 0 Å². The van der Waals surface area contributed by atoms with Crippen LogP contribution in [0.1, 0.15) is 42.9 Å². The highest BCUT2D eigenvalue weighted by Crippen LogP contribution is 2.30. The minimum absolute atomic E-state index is 0.00445. The molecule has 0 aliphatic heterocycles. The third-order valence-electron chi connectivity index (χ3n) is 3.82. The van der Waals surface area contributed by atoms with Crippen molar-refractivity contribution in [1.29, 1.82) is 0 Å². The molecule has 1 unspecified atom stereocenters. The monoisotopic (exact) mass is 301 g/mol. The lowest BCUT2D eigenvalue weighted by Gasteiger charge is -2.15. The summed E-state index contributed by atoms with van der Waals surface area (Å²) in [7, 11) is 0. The van der Waals surface area contributed by atoms with Gasteiger partial charge in [0, 0.05) is 12.5 Å². The van der Waals surface area contributed by atoms with Gasteiger partial charge in [0.2, 0.25) is 5.91 Å². The number of aliphatic hydroxyl groups is 1. The minimum Gasteiger partial charge on any atom is -0.387 e. The van der Waals surface area contributed by atoms with Gasteiger partial charge in [-0.1, -0.05) is 25.0 Å². The molecular weight excluding hydrogens is 283 g/mol. The van der Waals surface area contributed by atoms with Crippen LogP contribution >= 0.6 is 0 Å². The van der Waals surface area contributed by atoms with Crippen LogP contribution in [-0.2, 0) is 11.0 Å². The number of benzene rings is 1. The SMILES string of the molecule is O=C(NCC(O)c1ccc(C(F)(F)F)cc1)C1CCCC1. The van der Waals surface area contributed by atoms with Crippen molar-refractivity contribution >= 4 is 5.91 Å². The van der Waals surface area contributed by atoms with Gasteiger partial charge in [0.05, 0.1) is 11.7 Å². The van der Waals surface area contributed by atoms with Gasteiger partial charge in [0.1, 0.15) is 0 Å². The predicted molar refractivity (Wildman–Crippen MR) is 71.4 cm³/mol. The van der Waals surface area contributed by atoms with E-state index in [-0.39, 0.29) is 18.4 Å². The molecule has 2 rings (SSSR count). The molecule has 0 aromatic heterocycles. The van der Waals surface area contributed by atoms with Crippen LogP contribution in [0.25, 0.3) is 0 Å². The van der Waals surface area contributed by atoms with E-state index in [2.05, 4.69) is 5.32 Å². The van der Waals surface area contributed by atoms with E-state index in [4.69, 9.17) is 0 Å². The third kappa shape index (κ3) is 4.20. The second-order valence-corrected chi connectivity index (χ2v) is 5.36. The molecular formula is C15H18F3NO2. The summed E-state index contributed by atoms with van der Waals surface area (Å²) in [6.07, 6.45) is -1.58. The van der Waals surface area contributed by atoms with Crippen LogP contribution in [0.2, 0.25) is 0 Å². The maximum Gasteiger partial charge on any atom is 0.416 e. The van der Waals surface area contributed by atoms with E-state index in [0.717, 1.165) is 37.8 Å². The fourth-order valence-corrected chi connectivity index (χ4v) is 2.54. The lowest BCUT2D eigenvalue weighted by molar-refractivity contribution is -0.137. The number of amides is 1. The highest BCUT2D eigenvalue weighted by Gasteiger charge is 2.30. The molecule has 116 valence electrons. The zero-order chi connectivity index (χ0) is 15.5. The summed E-state index contributed by atoms with van der Waals surface area (Å²) in [5.74, 6) is -0.0803. The second kappa shape index (κ2) is 6.47. The van der Waals surface area contributed by atoms with Gasteiger partial charge in [0.25, 0.3) is 0 Å². The lowest BCUT2D eigenvalue weighted by Crippen LogP contribution is -2.32. The molecule has 0 heterocycles. The molecule has 0 radical (unpaired) electrons. The molecule has 21 heavy (non-hydrogen) atoms. The summed E-state index contributed by atoms with van der Waals surface area (Å²) in [6.45, 7) is 0.0146. The van der Waals surface area contributed by atoms with Gasteiger partial charge in [-0.2, -0.15) is 13.2 Å². The molecule has 2 N–H and O–H groups in total. The van der Waals surface area contributed by atoms with Gasteiger partial charge < -0.3 is 10.4 Å². The van der Waals surface area contributed by atoms with Crippen molar-refractivity contribution in [3.05, 3.63) is 35.4 Å². The molecule has 1 aromatic carbocycles. The van der Waals surface area contributed by atoms with Gasteiger partial charge in [-0.05, 0) is 30.5 Å². The van der Waals surface area contributed by atoms with E-state index in [1.54, 1.807) is 0 Å². The summed E-state index contributed by atoms with van der Waals surface area (Å²) >= 11 is 0. The molecule has 0 saturated heterocycles. The Morgan fingerprint density at radius 3 is 2.33 bits per heavy atom. The number of halogens is 3. The zero-order valence-electron chi connectivity index (χ0n) is 11.5. The summed E-state index contributed by atoms with van der Waals surface area (Å²) in [6, 6.07) is 4.32. The molecule has 1 fully saturated rings. The van der Waals surface area contributed by atoms with E-state index in [1.165, 1.54) is 12.1 Å². The number of rotatable bonds is 4. The number of hydrogen-bond donors (Lipinski definition) is 2. The van der Waals surface area contributed by atoms with E-state index in [9.17, 15) is 23.1 Å². The highest BCUT2D eigenvalue weighted by molar-refractivity contribution is 5.78. The van der Waals surface area contributed by atoms with Crippen LogP contribution in [0.15, 0.2) is 24.3 Å². The average molecular weight is 301 g/mol. The Morgan fingerprint density at radius 2 is 1.81 bits per heavy atom. The first-order chi connectivity index (χ1) is 9.88. The Morgan fingerprint density at radius 1 is 1.24 bits per heavy atom. The van der Waals surface area contributed by atoms with Crippen LogP contribution < -0.4 is 5.32 Å². The van der Waals surface area contributed by atoms with Crippen molar-refractivity contribution in [2.45, 2.75) is 38.0 Å². The van der Waals surface area contributed by atoms with E-state index < -0.39 is 17.8 Å². The van der Waals surface area contributed by atoms with E-state index in [1.807, 2.05) is 0 Å². The molecule has 1 aliphatic carbocycles. The average Bonchev–Trinajstić information content (AvgIpc) is 2.98. The molecule has 6 heteroatoms. The Bertz CT molecular complexity index is 479. The first kappa shape index (κ1) is 15.8. The van der Waals surface area contributed by atoms with Crippen molar-refractivity contribution in [1.82, 2.24) is 5.32 Å². The number of aliphatic hydroxyl groups excluding tert-OH is 1. The Hall–Kier alpha value is -1.56. The Labute approximate surface area is 121 Å². The molecule has 1 aliphatic rings. The molecule has 0 spiro atoms. The number of hydrogen-bond acceptors (Lipinski definition) is 2. The molecule has 1 aromatic rings. The van der Waals surface area contributed by atoms with Gasteiger partial charge in [-0.3, -0.25) is 4.79 Å². The van der Waals surface area contributed by atoms with E-state index >= 15 is 0 Å². The van der Waals surface area contributed by atoms with Crippen LogP contribution in [-0.4, -0.2) is 17.6 Å². The maximum atomic E-state index is 12.4. The largest absolute Gasteiger partial charge is 0.416 e. The van der Waals surface area contributed by atoms with Crippen LogP contribution in [0.4, 0.5) is 13.2 Å². The standard InChI is InChI=1S/C15H18F3NO2/c16-15(17,18)12-7-5-10(6-8-12)13(20)9-19-14(21)11-3-1-2-4-11/h5-8,11,13,20H,1-4,9H2,(H,19,21). The molecule has 3 nitrogen and oxygen atoms in total. The number of nitrogens with one attached hydrogen (secondary N) is 1. The highest BCUT2D eigenvalue weighted by atomic mass is 19.4. The summed E-state index contributed by atoms with van der Waals surface area (Å²) in [4.78, 5) is 11.8. The Kier molecular flexibility index (Phi) is 4.88. The normalized spacial score (nSPS) is 17.7. The quantitative estimate of drug-likeness (QED) is 0.898. The van der Waals surface area contributed by atoms with E-state index in [0.29, 0.717) is 5.56 Å². The summed E-state index contributed by atoms with van der Waals surface area (Å²) in [5.41, 5.74) is -0.400. The van der Waals surface area contributed by atoms with Gasteiger partial charge in [0.15, 0.2) is 0 Å². The number of carbonyl (C=O) groups is 1. The summed E-state index contributed by atoms with van der Waals surface area (Å²) in [5, 5.41) is 12.6. The predicted octanol–water partition coefficient (Wildman–Crippen LogP) is 3.05. The zero-order valence-corrected chi connectivity index (χ0v) is 11.5. The second-order valence-electron chi connectivity index (χ2n) is 5.36. The van der Waals surface area contributed by atoms with Gasteiger partial charge in [-0.15, -0.1) is 0 Å². The third-order valence-corrected chi connectivity index (χ3v) is 3.82. The topological polar surface area (TPSA) is 49.3 Å².